The Balaban J connectivity index is 1.96. The Bertz CT molecular complexity index is 796. The number of rotatable bonds is 3. The van der Waals surface area contributed by atoms with Gasteiger partial charge in [-0.25, -0.2) is 4.98 Å². The molecule has 0 radical (unpaired) electrons. The SMILES string of the molecule is O=[N+]([O-])c1cccc(-c2n[nH]c(-c3ccc(O)cc3)n2)c1. The van der Waals surface area contributed by atoms with Gasteiger partial charge in [0, 0.05) is 23.3 Å². The van der Waals surface area contributed by atoms with Gasteiger partial charge in [0.05, 0.1) is 4.92 Å². The molecule has 0 aliphatic rings. The minimum absolute atomic E-state index is 0.0107. The molecule has 0 saturated heterocycles. The van der Waals surface area contributed by atoms with E-state index in [0.29, 0.717) is 17.2 Å². The van der Waals surface area contributed by atoms with Crippen molar-refractivity contribution in [2.45, 2.75) is 0 Å². The van der Waals surface area contributed by atoms with Crippen LogP contribution in [0.4, 0.5) is 5.69 Å². The van der Waals surface area contributed by atoms with E-state index >= 15 is 0 Å². The molecule has 2 aromatic carbocycles. The second-order valence-electron chi connectivity index (χ2n) is 4.36. The van der Waals surface area contributed by atoms with Crippen molar-refractivity contribution in [3.05, 3.63) is 58.6 Å². The third-order valence-corrected chi connectivity index (χ3v) is 2.94. The molecular formula is C14H10N4O3. The van der Waals surface area contributed by atoms with Gasteiger partial charge in [0.25, 0.3) is 5.69 Å². The number of H-pyrrole nitrogens is 1. The van der Waals surface area contributed by atoms with Gasteiger partial charge in [0.1, 0.15) is 5.75 Å². The van der Waals surface area contributed by atoms with E-state index in [9.17, 15) is 15.2 Å². The Labute approximate surface area is 119 Å². The zero-order chi connectivity index (χ0) is 14.8. The molecule has 0 spiro atoms. The molecule has 0 fully saturated rings. The van der Waals surface area contributed by atoms with Crippen LogP contribution in [0, 0.1) is 10.1 Å². The van der Waals surface area contributed by atoms with Crippen molar-refractivity contribution in [2.24, 2.45) is 0 Å². The Hall–Kier alpha value is -3.22. The summed E-state index contributed by atoms with van der Waals surface area (Å²) in [5.41, 5.74) is 1.31. The number of aromatic hydroxyl groups is 1. The molecule has 1 heterocycles. The predicted molar refractivity (Wildman–Crippen MR) is 75.6 cm³/mol. The number of nitro groups is 1. The van der Waals surface area contributed by atoms with Crippen LogP contribution in [0.1, 0.15) is 0 Å². The summed E-state index contributed by atoms with van der Waals surface area (Å²) in [6.45, 7) is 0. The highest BCUT2D eigenvalue weighted by atomic mass is 16.6. The van der Waals surface area contributed by atoms with Crippen LogP contribution in [0.5, 0.6) is 5.75 Å². The molecule has 0 saturated carbocycles. The minimum Gasteiger partial charge on any atom is -0.508 e. The number of nitro benzene ring substituents is 1. The molecule has 0 aliphatic carbocycles. The maximum Gasteiger partial charge on any atom is 0.270 e. The lowest BCUT2D eigenvalue weighted by atomic mass is 10.2. The van der Waals surface area contributed by atoms with E-state index in [4.69, 9.17) is 0 Å². The summed E-state index contributed by atoms with van der Waals surface area (Å²) in [5.74, 6) is 1.07. The smallest absolute Gasteiger partial charge is 0.270 e. The van der Waals surface area contributed by atoms with Gasteiger partial charge in [-0.2, -0.15) is 5.10 Å². The maximum absolute atomic E-state index is 10.8. The molecule has 7 nitrogen and oxygen atoms in total. The average Bonchev–Trinajstić information content (AvgIpc) is 2.98. The summed E-state index contributed by atoms with van der Waals surface area (Å²) in [6.07, 6.45) is 0. The van der Waals surface area contributed by atoms with E-state index in [1.807, 2.05) is 0 Å². The second-order valence-corrected chi connectivity index (χ2v) is 4.36. The van der Waals surface area contributed by atoms with E-state index in [0.717, 1.165) is 5.56 Å². The number of phenols is 1. The van der Waals surface area contributed by atoms with Crippen molar-refractivity contribution in [3.8, 4) is 28.5 Å². The Kier molecular flexibility index (Phi) is 3.07. The molecule has 0 unspecified atom stereocenters. The molecule has 3 aromatic rings. The summed E-state index contributed by atoms with van der Waals surface area (Å²) in [7, 11) is 0. The lowest BCUT2D eigenvalue weighted by Gasteiger charge is -1.96. The highest BCUT2D eigenvalue weighted by molar-refractivity contribution is 5.63. The molecule has 2 N–H and O–H groups in total. The van der Waals surface area contributed by atoms with Crippen molar-refractivity contribution < 1.29 is 10.0 Å². The van der Waals surface area contributed by atoms with E-state index in [-0.39, 0.29) is 11.4 Å². The van der Waals surface area contributed by atoms with Crippen LogP contribution in [0.15, 0.2) is 48.5 Å². The Morgan fingerprint density at radius 3 is 2.57 bits per heavy atom. The summed E-state index contributed by atoms with van der Waals surface area (Å²) in [4.78, 5) is 14.6. The van der Waals surface area contributed by atoms with Gasteiger partial charge < -0.3 is 5.11 Å². The van der Waals surface area contributed by atoms with Crippen molar-refractivity contribution in [2.75, 3.05) is 0 Å². The number of aromatic nitrogens is 3. The number of nitrogens with one attached hydrogen (secondary N) is 1. The van der Waals surface area contributed by atoms with Crippen LogP contribution in [-0.4, -0.2) is 25.2 Å². The fraction of sp³-hybridized carbons (Fsp3) is 0. The Morgan fingerprint density at radius 2 is 1.86 bits per heavy atom. The number of nitrogens with zero attached hydrogens (tertiary/aromatic N) is 3. The number of non-ortho nitro benzene ring substituents is 1. The van der Waals surface area contributed by atoms with Crippen LogP contribution in [0.2, 0.25) is 0 Å². The number of phenolic OH excluding ortho intramolecular Hbond substituents is 1. The van der Waals surface area contributed by atoms with Crippen LogP contribution in [-0.2, 0) is 0 Å². The zero-order valence-electron chi connectivity index (χ0n) is 10.7. The van der Waals surface area contributed by atoms with Gasteiger partial charge in [-0.05, 0) is 24.3 Å². The van der Waals surface area contributed by atoms with Gasteiger partial charge in [0.15, 0.2) is 11.6 Å². The lowest BCUT2D eigenvalue weighted by Crippen LogP contribution is -1.88. The summed E-state index contributed by atoms with van der Waals surface area (Å²) in [5, 5.41) is 26.9. The van der Waals surface area contributed by atoms with E-state index in [2.05, 4.69) is 15.2 Å². The molecule has 1 aromatic heterocycles. The first kappa shape index (κ1) is 12.8. The molecule has 104 valence electrons. The summed E-state index contributed by atoms with van der Waals surface area (Å²) in [6, 6.07) is 12.6. The number of hydrogen-bond donors (Lipinski definition) is 2. The van der Waals surface area contributed by atoms with Gasteiger partial charge in [-0.1, -0.05) is 12.1 Å². The first-order valence-electron chi connectivity index (χ1n) is 6.10. The summed E-state index contributed by atoms with van der Waals surface area (Å²) >= 11 is 0. The molecule has 0 amide bonds. The monoisotopic (exact) mass is 282 g/mol. The molecule has 7 heteroatoms. The highest BCUT2D eigenvalue weighted by Gasteiger charge is 2.11. The lowest BCUT2D eigenvalue weighted by molar-refractivity contribution is -0.384. The van der Waals surface area contributed by atoms with E-state index in [1.54, 1.807) is 36.4 Å². The largest absolute Gasteiger partial charge is 0.508 e. The topological polar surface area (TPSA) is 105 Å². The van der Waals surface area contributed by atoms with E-state index < -0.39 is 4.92 Å². The molecular weight excluding hydrogens is 272 g/mol. The van der Waals surface area contributed by atoms with Crippen molar-refractivity contribution >= 4 is 5.69 Å². The molecule has 3 rings (SSSR count). The fourth-order valence-corrected chi connectivity index (χ4v) is 1.90. The average molecular weight is 282 g/mol. The van der Waals surface area contributed by atoms with Gasteiger partial charge in [0.2, 0.25) is 0 Å². The third-order valence-electron chi connectivity index (χ3n) is 2.94. The predicted octanol–water partition coefficient (Wildman–Crippen LogP) is 2.75. The highest BCUT2D eigenvalue weighted by Crippen LogP contribution is 2.24. The fourth-order valence-electron chi connectivity index (χ4n) is 1.90. The van der Waals surface area contributed by atoms with Gasteiger partial charge in [-0.3, -0.25) is 15.2 Å². The van der Waals surface area contributed by atoms with Crippen molar-refractivity contribution in [1.82, 2.24) is 15.2 Å². The summed E-state index contributed by atoms with van der Waals surface area (Å²) < 4.78 is 0. The van der Waals surface area contributed by atoms with Gasteiger partial charge in [-0.15, -0.1) is 0 Å². The zero-order valence-corrected chi connectivity index (χ0v) is 10.7. The first-order chi connectivity index (χ1) is 10.1. The Morgan fingerprint density at radius 1 is 1.10 bits per heavy atom. The third kappa shape index (κ3) is 2.57. The van der Waals surface area contributed by atoms with Crippen molar-refractivity contribution in [3.63, 3.8) is 0 Å². The van der Waals surface area contributed by atoms with Crippen LogP contribution < -0.4 is 0 Å². The van der Waals surface area contributed by atoms with Crippen LogP contribution in [0.3, 0.4) is 0 Å². The van der Waals surface area contributed by atoms with Crippen molar-refractivity contribution in [1.29, 1.82) is 0 Å². The quantitative estimate of drug-likeness (QED) is 0.567. The number of hydrogen-bond acceptors (Lipinski definition) is 5. The number of benzene rings is 2. The standard InChI is InChI=1S/C14H10N4O3/c19-12-6-4-9(5-7-12)13-15-14(17-16-13)10-2-1-3-11(8-10)18(20)21/h1-8,19H,(H,15,16,17). The molecule has 0 bridgehead atoms. The van der Waals surface area contributed by atoms with Crippen LogP contribution in [0.25, 0.3) is 22.8 Å². The molecule has 21 heavy (non-hydrogen) atoms. The minimum atomic E-state index is -0.461. The van der Waals surface area contributed by atoms with Crippen LogP contribution >= 0.6 is 0 Å². The second kappa shape index (κ2) is 5.04. The molecule has 0 atom stereocenters. The van der Waals surface area contributed by atoms with E-state index in [1.165, 1.54) is 12.1 Å². The maximum atomic E-state index is 10.8. The first-order valence-corrected chi connectivity index (χ1v) is 6.10. The number of aromatic amines is 1. The van der Waals surface area contributed by atoms with Gasteiger partial charge >= 0.3 is 0 Å². The molecule has 0 aliphatic heterocycles. The normalized spacial score (nSPS) is 10.5.